The normalized spacial score (nSPS) is 17.2. The van der Waals surface area contributed by atoms with E-state index < -0.39 is 62.7 Å². The number of carboxylic acid groups (broad SMARTS) is 1. The topological polar surface area (TPSA) is 215 Å². The molecule has 13 nitrogen and oxygen atoms in total. The van der Waals surface area contributed by atoms with Crippen molar-refractivity contribution in [1.29, 1.82) is 0 Å². The van der Waals surface area contributed by atoms with Crippen LogP contribution in [-0.4, -0.2) is 79.1 Å². The van der Waals surface area contributed by atoms with Crippen LogP contribution in [0.1, 0.15) is 68.9 Å². The summed E-state index contributed by atoms with van der Waals surface area (Å²) in [6, 6.07) is 9.75. The number of carboxylic acids is 1. The van der Waals surface area contributed by atoms with Gasteiger partial charge in [-0.05, 0) is 79.9 Å². The standard InChI is InChI=1S/C38H42N2O11S3.2K/c1-6-39-31-19-17-27-28(23-26(53(46,47)48)24-32(27)54(49,50)51)35(31)38(4,5)34(39)15-11-9-7-8-10-14-33-37(2,3)29-22-25(36(41)42)16-18-30(29)40(33)20-12-13-21-52(43,44)45;;/h7-11,14-19,22-24H,6,12-13,20-21H2,1-5H3,(H3-,41,42,43,44,45,46,47,48,49,50,51);;/q;2*+1/p-2. The van der Waals surface area contributed by atoms with Crippen LogP contribution in [0.4, 0.5) is 11.4 Å². The van der Waals surface area contributed by atoms with E-state index in [1.807, 2.05) is 68.4 Å². The van der Waals surface area contributed by atoms with Gasteiger partial charge in [0.25, 0.3) is 0 Å². The number of carbonyl (C=O) groups is 1. The van der Waals surface area contributed by atoms with Crippen molar-refractivity contribution in [2.45, 2.75) is 68.1 Å². The molecule has 0 amide bonds. The Kier molecular flexibility index (Phi) is 16.3. The second-order valence-electron chi connectivity index (χ2n) is 14.1. The predicted octanol–water partition coefficient (Wildman–Crippen LogP) is -0.574. The molecule has 0 spiro atoms. The maximum atomic E-state index is 12.2. The summed E-state index contributed by atoms with van der Waals surface area (Å²) in [5.74, 6) is -1.52. The van der Waals surface area contributed by atoms with Crippen LogP contribution in [0.2, 0.25) is 0 Å². The Bertz CT molecular complexity index is 2560. The van der Waals surface area contributed by atoms with E-state index >= 15 is 0 Å². The number of aromatic carboxylic acids is 1. The first kappa shape index (κ1) is 49.2. The van der Waals surface area contributed by atoms with E-state index in [9.17, 15) is 48.8 Å². The molecule has 18 heteroatoms. The number of unbranched alkanes of at least 4 members (excludes halogenated alkanes) is 1. The Hall–Kier alpha value is -1.18. The third-order valence-corrected chi connectivity index (χ3v) is 12.4. The monoisotopic (exact) mass is 874 g/mol. The number of nitrogens with zero attached hydrogens (tertiary/aromatic N) is 2. The van der Waals surface area contributed by atoms with E-state index in [2.05, 4.69) is 0 Å². The molecule has 0 aliphatic carbocycles. The third kappa shape index (κ3) is 10.4. The predicted molar refractivity (Wildman–Crippen MR) is 201 cm³/mol. The minimum atomic E-state index is -5.13. The van der Waals surface area contributed by atoms with Gasteiger partial charge in [0.2, 0.25) is 5.69 Å². The number of allylic oxidation sites excluding steroid dienone is 8. The Balaban J connectivity index is 0.00000420. The third-order valence-electron chi connectivity index (χ3n) is 9.89. The zero-order chi connectivity index (χ0) is 40.0. The molecule has 0 atom stereocenters. The number of hydrogen-bond acceptors (Lipinski definition) is 11. The fourth-order valence-corrected chi connectivity index (χ4v) is 9.29. The maximum absolute atomic E-state index is 12.2. The molecule has 3 aromatic carbocycles. The van der Waals surface area contributed by atoms with Gasteiger partial charge in [0.05, 0.1) is 30.9 Å². The summed E-state index contributed by atoms with van der Waals surface area (Å²) < 4.78 is 108. The zero-order valence-corrected chi connectivity index (χ0v) is 41.0. The van der Waals surface area contributed by atoms with Crippen molar-refractivity contribution < 1.29 is 156 Å². The van der Waals surface area contributed by atoms with Crippen LogP contribution in [0.3, 0.4) is 0 Å². The first-order chi connectivity index (χ1) is 25.0. The Morgan fingerprint density at radius 3 is 2.04 bits per heavy atom. The molecular formula is C38H40K2N2O11S3. The molecule has 2 heterocycles. The van der Waals surface area contributed by atoms with E-state index in [-0.39, 0.29) is 126 Å². The van der Waals surface area contributed by atoms with Crippen LogP contribution in [0.5, 0.6) is 0 Å². The molecule has 288 valence electrons. The summed E-state index contributed by atoms with van der Waals surface area (Å²) >= 11 is 0. The van der Waals surface area contributed by atoms with Crippen molar-refractivity contribution in [3.8, 4) is 0 Å². The van der Waals surface area contributed by atoms with Gasteiger partial charge in [0.1, 0.15) is 26.8 Å². The molecule has 1 N–H and O–H groups in total. The average Bonchev–Trinajstić information content (AvgIpc) is 3.42. The van der Waals surface area contributed by atoms with Crippen LogP contribution in [0.25, 0.3) is 10.8 Å². The first-order valence-electron chi connectivity index (χ1n) is 17.0. The Morgan fingerprint density at radius 2 is 1.45 bits per heavy atom. The number of benzene rings is 3. The smallest absolute Gasteiger partial charge is 0.748 e. The Labute approximate surface area is 413 Å². The molecule has 2 aliphatic rings. The van der Waals surface area contributed by atoms with Crippen LogP contribution in [0.15, 0.2) is 100 Å². The minimum absolute atomic E-state index is 0. The van der Waals surface area contributed by atoms with Gasteiger partial charge < -0.3 is 23.7 Å². The molecule has 0 unspecified atom stereocenters. The van der Waals surface area contributed by atoms with Gasteiger partial charge in [-0.2, -0.15) is 4.58 Å². The summed E-state index contributed by atoms with van der Waals surface area (Å²) in [5.41, 5.74) is 3.26. The average molecular weight is 875 g/mol. The molecule has 5 rings (SSSR count). The maximum Gasteiger partial charge on any atom is 1.00 e. The van der Waals surface area contributed by atoms with Crippen LogP contribution < -0.4 is 108 Å². The molecular weight excluding hydrogens is 835 g/mol. The number of hydrogen-bond donors (Lipinski definition) is 1. The van der Waals surface area contributed by atoms with E-state index in [0.717, 1.165) is 28.7 Å². The number of likely N-dealkylation sites (N-methyl/N-ethyl adjacent to an activating group) is 1. The number of rotatable bonds is 13. The second-order valence-corrected chi connectivity index (χ2v) is 18.4. The molecule has 0 radical (unpaired) electrons. The summed E-state index contributed by atoms with van der Waals surface area (Å²) in [7, 11) is -14.6. The van der Waals surface area contributed by atoms with Gasteiger partial charge in [0.15, 0.2) is 5.71 Å². The first-order valence-corrected chi connectivity index (χ1v) is 21.4. The van der Waals surface area contributed by atoms with Gasteiger partial charge in [-0.1, -0.05) is 50.3 Å². The van der Waals surface area contributed by atoms with Gasteiger partial charge >= 0.3 is 109 Å². The minimum Gasteiger partial charge on any atom is -0.748 e. The van der Waals surface area contributed by atoms with Gasteiger partial charge in [0, 0.05) is 53.2 Å². The van der Waals surface area contributed by atoms with Crippen molar-refractivity contribution >= 4 is 64.2 Å². The van der Waals surface area contributed by atoms with Gasteiger partial charge in [-0.25, -0.2) is 30.0 Å². The molecule has 56 heavy (non-hydrogen) atoms. The van der Waals surface area contributed by atoms with Crippen molar-refractivity contribution in [2.75, 3.05) is 23.7 Å². The van der Waals surface area contributed by atoms with E-state index in [4.69, 9.17) is 0 Å². The van der Waals surface area contributed by atoms with Crippen molar-refractivity contribution in [1.82, 2.24) is 0 Å². The summed E-state index contributed by atoms with van der Waals surface area (Å²) in [5, 5.41) is 9.80. The molecule has 0 saturated carbocycles. The summed E-state index contributed by atoms with van der Waals surface area (Å²) in [6.45, 7) is 10.5. The van der Waals surface area contributed by atoms with E-state index in [1.165, 1.54) is 12.1 Å². The molecule has 0 saturated heterocycles. The number of anilines is 1. The van der Waals surface area contributed by atoms with Crippen molar-refractivity contribution in [2.24, 2.45) is 0 Å². The van der Waals surface area contributed by atoms with E-state index in [0.29, 0.717) is 36.8 Å². The molecule has 2 aliphatic heterocycles. The van der Waals surface area contributed by atoms with Crippen molar-refractivity contribution in [3.63, 3.8) is 0 Å². The van der Waals surface area contributed by atoms with Gasteiger partial charge in [-0.3, -0.25) is 0 Å². The van der Waals surface area contributed by atoms with Crippen LogP contribution in [0, 0.1) is 0 Å². The quantitative estimate of drug-likeness (QED) is 0.0752. The van der Waals surface area contributed by atoms with Crippen LogP contribution >= 0.6 is 0 Å². The zero-order valence-electron chi connectivity index (χ0n) is 32.3. The van der Waals surface area contributed by atoms with Gasteiger partial charge in [-0.15, -0.1) is 0 Å². The number of fused-ring (bicyclic) bond motifs is 4. The molecule has 3 aromatic rings. The summed E-state index contributed by atoms with van der Waals surface area (Å²) in [4.78, 5) is 12.1. The van der Waals surface area contributed by atoms with Crippen molar-refractivity contribution in [3.05, 3.63) is 107 Å². The molecule has 0 bridgehead atoms. The second kappa shape index (κ2) is 18.6. The Morgan fingerprint density at radius 1 is 0.804 bits per heavy atom. The fraction of sp³-hybridized carbons (Fsp3) is 0.316. The van der Waals surface area contributed by atoms with Crippen LogP contribution in [-0.2, 0) is 41.2 Å². The molecule has 0 aromatic heterocycles. The summed E-state index contributed by atoms with van der Waals surface area (Å²) in [6.07, 6.45) is 13.4. The largest absolute Gasteiger partial charge is 1.00 e. The van der Waals surface area contributed by atoms with E-state index in [1.54, 1.807) is 36.4 Å². The fourth-order valence-electron chi connectivity index (χ4n) is 7.41. The molecule has 0 fully saturated rings. The SMILES string of the molecule is CCN1C(=CC=CC=CC=CC2=[N+](CCCCS(=O)(=O)[O-])c3ccc(C(=O)O)cc3C2(C)C)C(C)(C)c2c1ccc1c(S(=O)(=O)[O-])cc(S(=O)(=O)[O-])cc21.[K+].[K+].